The molecule has 0 bridgehead atoms. The van der Waals surface area contributed by atoms with Crippen LogP contribution in [0.5, 0.6) is 0 Å². The Bertz CT molecular complexity index is 306. The Balaban J connectivity index is 2.45. The summed E-state index contributed by atoms with van der Waals surface area (Å²) >= 11 is 0. The van der Waals surface area contributed by atoms with Crippen LogP contribution in [0.4, 0.5) is 0 Å². The van der Waals surface area contributed by atoms with Crippen molar-refractivity contribution < 1.29 is 9.53 Å². The third kappa shape index (κ3) is 5.30. The quantitative estimate of drug-likeness (QED) is 0.676. The van der Waals surface area contributed by atoms with Crippen LogP contribution in [0, 0.1) is 11.3 Å². The third-order valence-corrected chi connectivity index (χ3v) is 3.01. The zero-order valence-electron chi connectivity index (χ0n) is 10.7. The van der Waals surface area contributed by atoms with Gasteiger partial charge in [0.25, 0.3) is 0 Å². The summed E-state index contributed by atoms with van der Waals surface area (Å²) < 4.78 is 5.32. The van der Waals surface area contributed by atoms with E-state index in [0.717, 1.165) is 26.1 Å². The maximum atomic E-state index is 11.7. The molecule has 1 rings (SSSR count). The van der Waals surface area contributed by atoms with Gasteiger partial charge in [0.05, 0.1) is 12.6 Å². The summed E-state index contributed by atoms with van der Waals surface area (Å²) in [6.45, 7) is 6.51. The van der Waals surface area contributed by atoms with Gasteiger partial charge in [-0.1, -0.05) is 6.08 Å². The van der Waals surface area contributed by atoms with Crippen molar-refractivity contribution in [1.82, 2.24) is 10.2 Å². The Morgan fingerprint density at radius 1 is 1.56 bits per heavy atom. The topological polar surface area (TPSA) is 65.4 Å². The molecular weight excluding hydrogens is 230 g/mol. The van der Waals surface area contributed by atoms with Gasteiger partial charge in [-0.3, -0.25) is 9.69 Å². The van der Waals surface area contributed by atoms with Crippen LogP contribution in [-0.2, 0) is 9.53 Å². The lowest BCUT2D eigenvalue weighted by atomic mass is 10.1. The molecule has 1 N–H and O–H groups in total. The number of ether oxygens (including phenoxy) is 1. The van der Waals surface area contributed by atoms with E-state index in [2.05, 4.69) is 22.9 Å². The molecule has 0 aliphatic carbocycles. The number of carbonyl (C=O) groups excluding carboxylic acids is 1. The van der Waals surface area contributed by atoms with E-state index in [-0.39, 0.29) is 5.91 Å². The molecule has 0 saturated carbocycles. The molecule has 0 unspecified atom stereocenters. The Kier molecular flexibility index (Phi) is 7.07. The fraction of sp³-hybridized carbons (Fsp3) is 0.692. The molecule has 1 aliphatic heterocycles. The third-order valence-electron chi connectivity index (χ3n) is 3.01. The molecule has 0 aromatic carbocycles. The number of hydrogen-bond acceptors (Lipinski definition) is 4. The molecule has 1 aliphatic rings. The number of amides is 1. The van der Waals surface area contributed by atoms with E-state index in [1.165, 1.54) is 0 Å². The van der Waals surface area contributed by atoms with Crippen molar-refractivity contribution in [1.29, 1.82) is 5.26 Å². The summed E-state index contributed by atoms with van der Waals surface area (Å²) in [6.07, 6.45) is 3.97. The van der Waals surface area contributed by atoms with Crippen LogP contribution < -0.4 is 5.32 Å². The molecule has 0 aromatic heterocycles. The van der Waals surface area contributed by atoms with Crippen molar-refractivity contribution in [2.75, 3.05) is 32.8 Å². The molecule has 5 heteroatoms. The summed E-state index contributed by atoms with van der Waals surface area (Å²) in [5.74, 6) is -0.0145. The van der Waals surface area contributed by atoms with Gasteiger partial charge in [-0.25, -0.2) is 0 Å². The largest absolute Gasteiger partial charge is 0.381 e. The Morgan fingerprint density at radius 2 is 2.28 bits per heavy atom. The van der Waals surface area contributed by atoms with Crippen molar-refractivity contribution >= 4 is 5.91 Å². The van der Waals surface area contributed by atoms with E-state index < -0.39 is 0 Å². The molecule has 0 aromatic rings. The lowest BCUT2D eigenvalue weighted by molar-refractivity contribution is -0.123. The number of rotatable bonds is 7. The predicted molar refractivity (Wildman–Crippen MR) is 68.9 cm³/mol. The zero-order chi connectivity index (χ0) is 13.2. The van der Waals surface area contributed by atoms with Crippen LogP contribution in [0.3, 0.4) is 0 Å². The number of carbonyl (C=O) groups is 1. The van der Waals surface area contributed by atoms with Gasteiger partial charge < -0.3 is 10.1 Å². The fourth-order valence-corrected chi connectivity index (χ4v) is 2.06. The van der Waals surface area contributed by atoms with Gasteiger partial charge in [-0.15, -0.1) is 6.58 Å². The molecule has 0 radical (unpaired) electrons. The van der Waals surface area contributed by atoms with Crippen LogP contribution in [0.15, 0.2) is 12.7 Å². The van der Waals surface area contributed by atoms with Gasteiger partial charge in [0.15, 0.2) is 0 Å². The van der Waals surface area contributed by atoms with Crippen LogP contribution >= 0.6 is 0 Å². The highest BCUT2D eigenvalue weighted by molar-refractivity contribution is 5.78. The van der Waals surface area contributed by atoms with E-state index in [1.807, 2.05) is 0 Å². The number of nitrogens with zero attached hydrogens (tertiary/aromatic N) is 2. The molecule has 0 spiro atoms. The second-order valence-corrected chi connectivity index (χ2v) is 4.31. The normalized spacial score (nSPS) is 16.2. The van der Waals surface area contributed by atoms with Crippen molar-refractivity contribution in [2.45, 2.75) is 25.3 Å². The highest BCUT2D eigenvalue weighted by Gasteiger charge is 2.22. The average molecular weight is 251 g/mol. The Labute approximate surface area is 108 Å². The first-order valence-electron chi connectivity index (χ1n) is 6.34. The molecule has 18 heavy (non-hydrogen) atoms. The smallest absolute Gasteiger partial charge is 0.234 e. The van der Waals surface area contributed by atoms with Crippen LogP contribution in [0.1, 0.15) is 19.3 Å². The lowest BCUT2D eigenvalue weighted by Crippen LogP contribution is -2.45. The second-order valence-electron chi connectivity index (χ2n) is 4.31. The van der Waals surface area contributed by atoms with Crippen molar-refractivity contribution in [3.8, 4) is 6.07 Å². The first kappa shape index (κ1) is 14.7. The molecule has 1 heterocycles. The molecule has 0 atom stereocenters. The maximum Gasteiger partial charge on any atom is 0.234 e. The summed E-state index contributed by atoms with van der Waals surface area (Å²) in [5, 5.41) is 11.4. The van der Waals surface area contributed by atoms with E-state index in [4.69, 9.17) is 10.00 Å². The SMILES string of the molecule is C=CCNC(=O)CN(CCC#N)C1CCOCC1. The number of nitrogens with one attached hydrogen (secondary N) is 1. The van der Waals surface area contributed by atoms with Gasteiger partial charge in [0.1, 0.15) is 0 Å². The Hall–Kier alpha value is -1.38. The highest BCUT2D eigenvalue weighted by Crippen LogP contribution is 2.14. The van der Waals surface area contributed by atoms with Gasteiger partial charge in [-0.05, 0) is 12.8 Å². The predicted octanol–water partition coefficient (Wildman–Crippen LogP) is 0.683. The molecule has 100 valence electrons. The molecular formula is C13H21N3O2. The minimum atomic E-state index is -0.0145. The Morgan fingerprint density at radius 3 is 2.89 bits per heavy atom. The van der Waals surface area contributed by atoms with Crippen LogP contribution in [0.25, 0.3) is 0 Å². The summed E-state index contributed by atoms with van der Waals surface area (Å²) in [5.41, 5.74) is 0. The van der Waals surface area contributed by atoms with Gasteiger partial charge >= 0.3 is 0 Å². The first-order valence-corrected chi connectivity index (χ1v) is 6.34. The standard InChI is InChI=1S/C13H21N3O2/c1-2-7-15-13(17)11-16(8-3-6-14)12-4-9-18-10-5-12/h2,12H,1,3-5,7-11H2,(H,15,17). The monoisotopic (exact) mass is 251 g/mol. The molecule has 1 saturated heterocycles. The van der Waals surface area contributed by atoms with E-state index in [0.29, 0.717) is 32.1 Å². The maximum absolute atomic E-state index is 11.7. The number of hydrogen-bond donors (Lipinski definition) is 1. The lowest BCUT2D eigenvalue weighted by Gasteiger charge is -2.33. The van der Waals surface area contributed by atoms with Gasteiger partial charge in [0, 0.05) is 38.8 Å². The van der Waals surface area contributed by atoms with E-state index in [1.54, 1.807) is 6.08 Å². The summed E-state index contributed by atoms with van der Waals surface area (Å²) in [7, 11) is 0. The van der Waals surface area contributed by atoms with Gasteiger partial charge in [-0.2, -0.15) is 5.26 Å². The van der Waals surface area contributed by atoms with E-state index >= 15 is 0 Å². The van der Waals surface area contributed by atoms with Crippen molar-refractivity contribution in [3.63, 3.8) is 0 Å². The van der Waals surface area contributed by atoms with Crippen LogP contribution in [0.2, 0.25) is 0 Å². The summed E-state index contributed by atoms with van der Waals surface area (Å²) in [4.78, 5) is 13.8. The fourth-order valence-electron chi connectivity index (χ4n) is 2.06. The summed E-state index contributed by atoms with van der Waals surface area (Å²) in [6, 6.07) is 2.48. The average Bonchev–Trinajstić information content (AvgIpc) is 2.42. The first-order chi connectivity index (χ1) is 8.77. The van der Waals surface area contributed by atoms with Crippen molar-refractivity contribution in [3.05, 3.63) is 12.7 Å². The minimum absolute atomic E-state index is 0.0145. The zero-order valence-corrected chi connectivity index (χ0v) is 10.7. The molecule has 1 amide bonds. The van der Waals surface area contributed by atoms with Gasteiger partial charge in [0.2, 0.25) is 5.91 Å². The van der Waals surface area contributed by atoms with Crippen molar-refractivity contribution in [2.24, 2.45) is 0 Å². The van der Waals surface area contributed by atoms with E-state index in [9.17, 15) is 4.79 Å². The molecule has 1 fully saturated rings. The second kappa shape index (κ2) is 8.67. The number of nitriles is 1. The minimum Gasteiger partial charge on any atom is -0.381 e. The highest BCUT2D eigenvalue weighted by atomic mass is 16.5. The molecule has 5 nitrogen and oxygen atoms in total. The van der Waals surface area contributed by atoms with Crippen LogP contribution in [-0.4, -0.2) is 49.7 Å².